The summed E-state index contributed by atoms with van der Waals surface area (Å²) >= 11 is 0. The molecule has 4 rings (SSSR count). The summed E-state index contributed by atoms with van der Waals surface area (Å²) in [5, 5.41) is 13.3. The van der Waals surface area contributed by atoms with Crippen molar-refractivity contribution in [3.05, 3.63) is 71.4 Å². The topological polar surface area (TPSA) is 115 Å². The lowest BCUT2D eigenvalue weighted by atomic mass is 9.81. The number of nitrogens with one attached hydrogen (secondary N) is 1. The van der Waals surface area contributed by atoms with E-state index in [9.17, 15) is 14.7 Å². The van der Waals surface area contributed by atoms with Crippen LogP contribution in [0.2, 0.25) is 0 Å². The molecule has 32 heavy (non-hydrogen) atoms. The highest BCUT2D eigenvalue weighted by Crippen LogP contribution is 2.25. The molecule has 1 heterocycles. The highest BCUT2D eigenvalue weighted by atomic mass is 16.5. The molecule has 0 aliphatic heterocycles. The largest absolute Gasteiger partial charge is 0.489 e. The summed E-state index contributed by atoms with van der Waals surface area (Å²) in [7, 11) is 0. The lowest BCUT2D eigenvalue weighted by Gasteiger charge is -2.34. The molecule has 3 unspecified atom stereocenters. The van der Waals surface area contributed by atoms with Gasteiger partial charge in [0.25, 0.3) is 5.91 Å². The van der Waals surface area contributed by atoms with Crippen LogP contribution in [0.15, 0.2) is 54.6 Å². The van der Waals surface area contributed by atoms with E-state index in [0.717, 1.165) is 28.6 Å². The quantitative estimate of drug-likeness (QED) is 0.549. The molecular weight excluding hydrogens is 406 g/mol. The zero-order valence-corrected chi connectivity index (χ0v) is 18.0. The number of aliphatic carboxylic acids is 1. The number of fused-ring (bicyclic) bond motifs is 1. The average molecular weight is 434 g/mol. The van der Waals surface area contributed by atoms with Crippen LogP contribution >= 0.6 is 0 Å². The first-order valence-electron chi connectivity index (χ1n) is 10.8. The average Bonchev–Trinajstić information content (AvgIpc) is 2.78. The van der Waals surface area contributed by atoms with Crippen LogP contribution in [0.5, 0.6) is 5.75 Å². The fourth-order valence-electron chi connectivity index (χ4n) is 4.33. The fourth-order valence-corrected chi connectivity index (χ4v) is 4.33. The third-order valence-electron chi connectivity index (χ3n) is 6.00. The van der Waals surface area contributed by atoms with Crippen LogP contribution in [0.3, 0.4) is 0 Å². The van der Waals surface area contributed by atoms with Crippen molar-refractivity contribution in [3.63, 3.8) is 0 Å². The molecule has 7 heteroatoms. The Bertz CT molecular complexity index is 1130. The number of hydrogen-bond donors (Lipinski definition) is 3. The maximum absolute atomic E-state index is 12.7. The van der Waals surface area contributed by atoms with Gasteiger partial charge in [0.05, 0.1) is 17.5 Å². The van der Waals surface area contributed by atoms with Gasteiger partial charge in [-0.25, -0.2) is 0 Å². The number of rotatable bonds is 6. The molecule has 1 fully saturated rings. The molecule has 166 valence electrons. The van der Waals surface area contributed by atoms with Gasteiger partial charge in [0, 0.05) is 28.2 Å². The van der Waals surface area contributed by atoms with Gasteiger partial charge in [-0.15, -0.1) is 0 Å². The number of carboxylic acids is 1. The maximum atomic E-state index is 12.7. The van der Waals surface area contributed by atoms with Crippen LogP contribution in [-0.4, -0.2) is 34.1 Å². The molecule has 4 N–H and O–H groups in total. The number of ether oxygens (including phenoxy) is 1. The third kappa shape index (κ3) is 4.73. The van der Waals surface area contributed by atoms with E-state index in [1.165, 1.54) is 0 Å². The standard InChI is InChI=1S/C25H27N3O4/c1-15-13-17(19-5-2-3-8-22(19)27-15)14-32-18-11-9-16(10-12-18)24(29)28-23-20(25(30)31)6-4-7-21(23)26/h2-3,5,8-13,20-21,23H,4,6-7,14,26H2,1H3,(H,28,29)(H,30,31). The van der Waals surface area contributed by atoms with Gasteiger partial charge in [0.2, 0.25) is 0 Å². The van der Waals surface area contributed by atoms with Crippen molar-refractivity contribution in [2.75, 3.05) is 0 Å². The van der Waals surface area contributed by atoms with Crippen LogP contribution in [-0.2, 0) is 11.4 Å². The molecule has 0 radical (unpaired) electrons. The fraction of sp³-hybridized carbons (Fsp3) is 0.320. The zero-order chi connectivity index (χ0) is 22.7. The first-order chi connectivity index (χ1) is 15.4. The minimum Gasteiger partial charge on any atom is -0.489 e. The molecule has 2 aromatic carbocycles. The van der Waals surface area contributed by atoms with Crippen LogP contribution in [0.1, 0.15) is 40.9 Å². The first kappa shape index (κ1) is 21.8. The van der Waals surface area contributed by atoms with Crippen molar-refractivity contribution in [3.8, 4) is 5.75 Å². The SMILES string of the molecule is Cc1cc(COc2ccc(C(=O)NC3C(N)CCCC3C(=O)O)cc2)c2ccccc2n1. The van der Waals surface area contributed by atoms with Crippen LogP contribution in [0.25, 0.3) is 10.9 Å². The lowest BCUT2D eigenvalue weighted by Crippen LogP contribution is -2.55. The Hall–Kier alpha value is -3.45. The summed E-state index contributed by atoms with van der Waals surface area (Å²) in [6.45, 7) is 2.34. The Balaban J connectivity index is 1.42. The predicted octanol–water partition coefficient (Wildman–Crippen LogP) is 3.43. The van der Waals surface area contributed by atoms with Gasteiger partial charge in [-0.3, -0.25) is 14.6 Å². The van der Waals surface area contributed by atoms with Crippen molar-refractivity contribution in [1.82, 2.24) is 10.3 Å². The Labute approximate surface area is 186 Å². The minimum atomic E-state index is -0.923. The van der Waals surface area contributed by atoms with E-state index >= 15 is 0 Å². The van der Waals surface area contributed by atoms with Crippen molar-refractivity contribution < 1.29 is 19.4 Å². The van der Waals surface area contributed by atoms with Gasteiger partial charge >= 0.3 is 5.97 Å². The monoisotopic (exact) mass is 433 g/mol. The molecule has 1 aliphatic rings. The second kappa shape index (κ2) is 9.36. The van der Waals surface area contributed by atoms with Gasteiger partial charge < -0.3 is 20.9 Å². The summed E-state index contributed by atoms with van der Waals surface area (Å²) in [6.07, 6.45) is 1.97. The van der Waals surface area contributed by atoms with Crippen molar-refractivity contribution in [2.24, 2.45) is 11.7 Å². The number of aryl methyl sites for hydroxylation is 1. The second-order valence-corrected chi connectivity index (χ2v) is 8.29. The van der Waals surface area contributed by atoms with E-state index in [0.29, 0.717) is 30.8 Å². The number of nitrogens with zero attached hydrogens (tertiary/aromatic N) is 1. The summed E-state index contributed by atoms with van der Waals surface area (Å²) in [6, 6.07) is 15.8. The Morgan fingerprint density at radius 2 is 1.91 bits per heavy atom. The molecule has 0 spiro atoms. The van der Waals surface area contributed by atoms with Gasteiger partial charge in [0.1, 0.15) is 12.4 Å². The summed E-state index contributed by atoms with van der Waals surface area (Å²) < 4.78 is 5.95. The highest BCUT2D eigenvalue weighted by molar-refractivity contribution is 5.95. The third-order valence-corrected chi connectivity index (χ3v) is 6.00. The lowest BCUT2D eigenvalue weighted by molar-refractivity contribution is -0.143. The van der Waals surface area contributed by atoms with E-state index in [1.807, 2.05) is 37.3 Å². The molecule has 1 aromatic heterocycles. The number of hydrogen-bond acceptors (Lipinski definition) is 5. The van der Waals surface area contributed by atoms with E-state index in [2.05, 4.69) is 10.3 Å². The normalized spacial score (nSPS) is 20.6. The molecule has 0 bridgehead atoms. The van der Waals surface area contributed by atoms with E-state index in [1.54, 1.807) is 24.3 Å². The van der Waals surface area contributed by atoms with Crippen molar-refractivity contribution in [2.45, 2.75) is 44.9 Å². The zero-order valence-electron chi connectivity index (χ0n) is 18.0. The molecule has 3 aromatic rings. The first-order valence-corrected chi connectivity index (χ1v) is 10.8. The second-order valence-electron chi connectivity index (χ2n) is 8.29. The molecule has 7 nitrogen and oxygen atoms in total. The number of carbonyl (C=O) groups excluding carboxylic acids is 1. The highest BCUT2D eigenvalue weighted by Gasteiger charge is 2.36. The van der Waals surface area contributed by atoms with Crippen LogP contribution in [0, 0.1) is 12.8 Å². The summed E-state index contributed by atoms with van der Waals surface area (Å²) in [5.74, 6) is -1.28. The molecule has 1 saturated carbocycles. The number of nitrogens with two attached hydrogens (primary N) is 1. The van der Waals surface area contributed by atoms with Gasteiger partial charge in [-0.05, 0) is 56.2 Å². The summed E-state index contributed by atoms with van der Waals surface area (Å²) in [5.41, 5.74) is 9.43. The van der Waals surface area contributed by atoms with E-state index in [4.69, 9.17) is 10.5 Å². The molecule has 3 atom stereocenters. The maximum Gasteiger partial charge on any atom is 0.308 e. The number of pyridine rings is 1. The molecule has 1 amide bonds. The Morgan fingerprint density at radius 1 is 1.16 bits per heavy atom. The van der Waals surface area contributed by atoms with Gasteiger partial charge in [-0.2, -0.15) is 0 Å². The van der Waals surface area contributed by atoms with E-state index < -0.39 is 17.9 Å². The number of amides is 1. The van der Waals surface area contributed by atoms with Crippen LogP contribution in [0.4, 0.5) is 0 Å². The number of benzene rings is 2. The number of aromatic nitrogens is 1. The summed E-state index contributed by atoms with van der Waals surface area (Å²) in [4.78, 5) is 28.8. The molecule has 1 aliphatic carbocycles. The number of carbonyl (C=O) groups is 2. The van der Waals surface area contributed by atoms with Crippen LogP contribution < -0.4 is 15.8 Å². The minimum absolute atomic E-state index is 0.332. The smallest absolute Gasteiger partial charge is 0.308 e. The Morgan fingerprint density at radius 3 is 2.66 bits per heavy atom. The molecule has 0 saturated heterocycles. The predicted molar refractivity (Wildman–Crippen MR) is 121 cm³/mol. The van der Waals surface area contributed by atoms with Gasteiger partial charge in [0.15, 0.2) is 0 Å². The Kier molecular flexibility index (Phi) is 6.37. The van der Waals surface area contributed by atoms with Crippen molar-refractivity contribution in [1.29, 1.82) is 0 Å². The van der Waals surface area contributed by atoms with E-state index in [-0.39, 0.29) is 11.9 Å². The molecular formula is C25H27N3O4. The number of para-hydroxylation sites is 1. The van der Waals surface area contributed by atoms with Gasteiger partial charge in [-0.1, -0.05) is 24.6 Å². The number of carboxylic acid groups (broad SMARTS) is 1. The van der Waals surface area contributed by atoms with Crippen molar-refractivity contribution >= 4 is 22.8 Å².